The van der Waals surface area contributed by atoms with Crippen LogP contribution in [0.5, 0.6) is 0 Å². The SMILES string of the molecule is O=C1CC[C@@H](c2nc(-c3cn4ccccc4n3)no2)CN1CCN1CCOCC1. The van der Waals surface area contributed by atoms with Crippen LogP contribution in [0.1, 0.15) is 24.7 Å². The average molecular weight is 396 g/mol. The first-order valence-electron chi connectivity index (χ1n) is 10.1. The van der Waals surface area contributed by atoms with Crippen molar-refractivity contribution in [3.63, 3.8) is 0 Å². The zero-order valence-electron chi connectivity index (χ0n) is 16.2. The van der Waals surface area contributed by atoms with Crippen LogP contribution in [-0.2, 0) is 9.53 Å². The second-order valence-corrected chi connectivity index (χ2v) is 7.58. The highest BCUT2D eigenvalue weighted by Crippen LogP contribution is 2.28. The van der Waals surface area contributed by atoms with Gasteiger partial charge in [0.2, 0.25) is 17.6 Å². The van der Waals surface area contributed by atoms with Crippen molar-refractivity contribution in [1.82, 2.24) is 29.3 Å². The van der Waals surface area contributed by atoms with Gasteiger partial charge in [-0.2, -0.15) is 4.98 Å². The third-order valence-electron chi connectivity index (χ3n) is 5.67. The number of morpholine rings is 1. The van der Waals surface area contributed by atoms with Crippen LogP contribution in [-0.4, -0.2) is 81.2 Å². The number of carbonyl (C=O) groups excluding carboxylic acids is 1. The third-order valence-corrected chi connectivity index (χ3v) is 5.67. The van der Waals surface area contributed by atoms with Gasteiger partial charge in [-0.25, -0.2) is 4.98 Å². The summed E-state index contributed by atoms with van der Waals surface area (Å²) in [5.41, 5.74) is 1.52. The van der Waals surface area contributed by atoms with Gasteiger partial charge in [0.05, 0.1) is 19.1 Å². The lowest BCUT2D eigenvalue weighted by Crippen LogP contribution is -2.45. The first-order valence-corrected chi connectivity index (χ1v) is 10.1. The average Bonchev–Trinajstić information content (AvgIpc) is 3.41. The molecule has 0 aromatic carbocycles. The van der Waals surface area contributed by atoms with Crippen molar-refractivity contribution in [3.05, 3.63) is 36.5 Å². The second-order valence-electron chi connectivity index (χ2n) is 7.58. The maximum Gasteiger partial charge on any atom is 0.231 e. The number of aromatic nitrogens is 4. The molecule has 2 aliphatic rings. The van der Waals surface area contributed by atoms with Crippen LogP contribution < -0.4 is 0 Å². The maximum absolute atomic E-state index is 12.4. The fraction of sp³-hybridized carbons (Fsp3) is 0.500. The number of ether oxygens (including phenoxy) is 1. The van der Waals surface area contributed by atoms with Gasteiger partial charge < -0.3 is 18.6 Å². The van der Waals surface area contributed by atoms with Crippen LogP contribution in [0.2, 0.25) is 0 Å². The highest BCUT2D eigenvalue weighted by Gasteiger charge is 2.31. The van der Waals surface area contributed by atoms with E-state index in [1.54, 1.807) is 0 Å². The third kappa shape index (κ3) is 3.88. The quantitative estimate of drug-likeness (QED) is 0.644. The Labute approximate surface area is 168 Å². The summed E-state index contributed by atoms with van der Waals surface area (Å²) in [7, 11) is 0. The van der Waals surface area contributed by atoms with Crippen molar-refractivity contribution >= 4 is 11.6 Å². The smallest absolute Gasteiger partial charge is 0.231 e. The molecule has 5 rings (SSSR count). The summed E-state index contributed by atoms with van der Waals surface area (Å²) in [6.45, 7) is 5.61. The molecule has 3 aromatic heterocycles. The number of hydrogen-bond acceptors (Lipinski definition) is 7. The minimum absolute atomic E-state index is 0.0654. The molecule has 1 amide bonds. The predicted molar refractivity (Wildman–Crippen MR) is 104 cm³/mol. The number of rotatable bonds is 5. The molecular formula is C20H24N6O3. The Balaban J connectivity index is 1.26. The van der Waals surface area contributed by atoms with E-state index in [1.165, 1.54) is 0 Å². The molecule has 1 atom stereocenters. The lowest BCUT2D eigenvalue weighted by molar-refractivity contribution is -0.134. The van der Waals surface area contributed by atoms with E-state index in [0.717, 1.165) is 51.5 Å². The molecule has 29 heavy (non-hydrogen) atoms. The Bertz CT molecular complexity index is 960. The Hall–Kier alpha value is -2.78. The maximum atomic E-state index is 12.4. The Morgan fingerprint density at radius 2 is 2.03 bits per heavy atom. The van der Waals surface area contributed by atoms with Gasteiger partial charge in [-0.3, -0.25) is 9.69 Å². The molecule has 0 spiro atoms. The molecule has 0 bridgehead atoms. The molecule has 0 unspecified atom stereocenters. The van der Waals surface area contributed by atoms with Crippen molar-refractivity contribution in [2.24, 2.45) is 0 Å². The number of imidazole rings is 1. The number of carbonyl (C=O) groups is 1. The molecule has 0 N–H and O–H groups in total. The summed E-state index contributed by atoms with van der Waals surface area (Å²) in [6.07, 6.45) is 5.08. The monoisotopic (exact) mass is 396 g/mol. The number of likely N-dealkylation sites (tertiary alicyclic amines) is 1. The van der Waals surface area contributed by atoms with E-state index < -0.39 is 0 Å². The highest BCUT2D eigenvalue weighted by atomic mass is 16.5. The highest BCUT2D eigenvalue weighted by molar-refractivity contribution is 5.77. The molecule has 5 heterocycles. The van der Waals surface area contributed by atoms with Crippen LogP contribution in [0.15, 0.2) is 35.1 Å². The van der Waals surface area contributed by atoms with Crippen LogP contribution >= 0.6 is 0 Å². The number of nitrogens with zero attached hydrogens (tertiary/aromatic N) is 6. The minimum Gasteiger partial charge on any atom is -0.379 e. The van der Waals surface area contributed by atoms with E-state index in [4.69, 9.17) is 9.26 Å². The molecule has 3 aromatic rings. The Morgan fingerprint density at radius 1 is 1.14 bits per heavy atom. The lowest BCUT2D eigenvalue weighted by Gasteiger charge is -2.34. The summed E-state index contributed by atoms with van der Waals surface area (Å²) in [5.74, 6) is 1.34. The summed E-state index contributed by atoms with van der Waals surface area (Å²) in [6, 6.07) is 5.83. The first-order chi connectivity index (χ1) is 14.3. The van der Waals surface area contributed by atoms with E-state index >= 15 is 0 Å². The van der Waals surface area contributed by atoms with Gasteiger partial charge >= 0.3 is 0 Å². The topological polar surface area (TPSA) is 89.0 Å². The van der Waals surface area contributed by atoms with Crippen molar-refractivity contribution in [3.8, 4) is 11.5 Å². The summed E-state index contributed by atoms with van der Waals surface area (Å²) < 4.78 is 12.9. The van der Waals surface area contributed by atoms with Crippen molar-refractivity contribution in [2.75, 3.05) is 45.9 Å². The summed E-state index contributed by atoms with van der Waals surface area (Å²) >= 11 is 0. The van der Waals surface area contributed by atoms with Gasteiger partial charge in [0.15, 0.2) is 0 Å². The molecule has 9 heteroatoms. The number of pyridine rings is 1. The molecular weight excluding hydrogens is 372 g/mol. The van der Waals surface area contributed by atoms with Crippen molar-refractivity contribution in [1.29, 1.82) is 0 Å². The second kappa shape index (κ2) is 7.92. The Morgan fingerprint density at radius 3 is 2.90 bits per heavy atom. The standard InChI is InChI=1S/C20H24N6O3/c27-18-5-4-15(13-26(18)8-7-24-9-11-28-12-10-24)20-22-19(23-29-20)16-14-25-6-2-1-3-17(25)21-16/h1-3,6,14-15H,4-5,7-13H2/t15-/m1/s1. The summed E-state index contributed by atoms with van der Waals surface area (Å²) in [4.78, 5) is 25.8. The largest absolute Gasteiger partial charge is 0.379 e. The van der Waals surface area contributed by atoms with E-state index in [-0.39, 0.29) is 11.8 Å². The number of piperidine rings is 1. The van der Waals surface area contributed by atoms with Crippen LogP contribution in [0.4, 0.5) is 0 Å². The molecule has 9 nitrogen and oxygen atoms in total. The van der Waals surface area contributed by atoms with E-state index in [1.807, 2.05) is 39.9 Å². The van der Waals surface area contributed by atoms with E-state index in [2.05, 4.69) is 20.0 Å². The van der Waals surface area contributed by atoms with Gasteiger partial charge in [-0.1, -0.05) is 11.2 Å². The fourth-order valence-corrected chi connectivity index (χ4v) is 3.97. The predicted octanol–water partition coefficient (Wildman–Crippen LogP) is 1.42. The van der Waals surface area contributed by atoms with Crippen LogP contribution in [0, 0.1) is 0 Å². The number of fused-ring (bicyclic) bond motifs is 1. The number of amides is 1. The van der Waals surface area contributed by atoms with Gasteiger partial charge in [-0.05, 0) is 18.6 Å². The molecule has 2 saturated heterocycles. The molecule has 0 radical (unpaired) electrons. The molecule has 152 valence electrons. The molecule has 2 fully saturated rings. The lowest BCUT2D eigenvalue weighted by atomic mass is 9.97. The zero-order chi connectivity index (χ0) is 19.6. The number of hydrogen-bond donors (Lipinski definition) is 0. The van der Waals surface area contributed by atoms with E-state index in [0.29, 0.717) is 30.4 Å². The van der Waals surface area contributed by atoms with E-state index in [9.17, 15) is 4.79 Å². The van der Waals surface area contributed by atoms with Gasteiger partial charge in [0, 0.05) is 51.5 Å². The van der Waals surface area contributed by atoms with Crippen LogP contribution in [0.25, 0.3) is 17.2 Å². The Kier molecular flexibility index (Phi) is 4.99. The molecule has 0 saturated carbocycles. The van der Waals surface area contributed by atoms with Crippen LogP contribution in [0.3, 0.4) is 0 Å². The van der Waals surface area contributed by atoms with Gasteiger partial charge in [0.1, 0.15) is 11.3 Å². The van der Waals surface area contributed by atoms with Crippen molar-refractivity contribution in [2.45, 2.75) is 18.8 Å². The normalized spacial score (nSPS) is 21.2. The van der Waals surface area contributed by atoms with Crippen molar-refractivity contribution < 1.29 is 14.1 Å². The minimum atomic E-state index is 0.0654. The first kappa shape index (κ1) is 18.3. The summed E-state index contributed by atoms with van der Waals surface area (Å²) in [5, 5.41) is 4.13. The fourth-order valence-electron chi connectivity index (χ4n) is 3.97. The molecule has 0 aliphatic carbocycles. The van der Waals surface area contributed by atoms with Gasteiger partial charge in [-0.15, -0.1) is 0 Å². The molecule has 2 aliphatic heterocycles. The van der Waals surface area contributed by atoms with Gasteiger partial charge in [0.25, 0.3) is 0 Å². The zero-order valence-corrected chi connectivity index (χ0v) is 16.2.